The number of hydrogen-bond donors (Lipinski definition) is 3. The highest BCUT2D eigenvalue weighted by Gasteiger charge is 2.27. The number of hydrogen-bond acceptors (Lipinski definition) is 5. The average Bonchev–Trinajstić information content (AvgIpc) is 3.29. The van der Waals surface area contributed by atoms with Crippen molar-refractivity contribution >= 4 is 34.9 Å². The van der Waals surface area contributed by atoms with E-state index in [2.05, 4.69) is 26.9 Å². The van der Waals surface area contributed by atoms with Gasteiger partial charge in [0.2, 0.25) is 5.91 Å². The third-order valence-electron chi connectivity index (χ3n) is 4.75. The number of thiazole rings is 1. The molecule has 0 saturated heterocycles. The van der Waals surface area contributed by atoms with Gasteiger partial charge in [-0.1, -0.05) is 49.4 Å². The van der Waals surface area contributed by atoms with Crippen LogP contribution in [0.5, 0.6) is 0 Å². The number of terminal acetylenes is 1. The van der Waals surface area contributed by atoms with Crippen LogP contribution in [0.3, 0.4) is 0 Å². The molecule has 8 heteroatoms. The summed E-state index contributed by atoms with van der Waals surface area (Å²) in [4.78, 5) is 42.1. The van der Waals surface area contributed by atoms with Gasteiger partial charge in [-0.3, -0.25) is 14.9 Å². The first-order valence-corrected chi connectivity index (χ1v) is 10.8. The second-order valence-electron chi connectivity index (χ2n) is 6.77. The van der Waals surface area contributed by atoms with Crippen molar-refractivity contribution in [2.45, 2.75) is 19.4 Å². The molecule has 0 fully saturated rings. The quantitative estimate of drug-likeness (QED) is 0.377. The van der Waals surface area contributed by atoms with Crippen LogP contribution in [-0.4, -0.2) is 29.8 Å². The highest BCUT2D eigenvalue weighted by atomic mass is 32.1. The van der Waals surface area contributed by atoms with Crippen LogP contribution in [-0.2, 0) is 4.79 Å². The number of anilines is 1. The van der Waals surface area contributed by atoms with Crippen molar-refractivity contribution in [3.63, 3.8) is 0 Å². The molecule has 1 aromatic heterocycles. The van der Waals surface area contributed by atoms with Crippen molar-refractivity contribution in [3.8, 4) is 23.5 Å². The van der Waals surface area contributed by atoms with Crippen molar-refractivity contribution in [2.24, 2.45) is 0 Å². The SMILES string of the molecule is C#Cc1nc(NC(=O)N[C@@H](C(=O)NC)c2ccc(-c3ccccc3)cc2C(=O)CC)cs1. The maximum atomic E-state index is 12.8. The Morgan fingerprint density at radius 3 is 2.50 bits per heavy atom. The number of Topliss-reactive ketones (excluding diaryl/α,β-unsaturated/α-hetero) is 1. The number of rotatable bonds is 7. The molecule has 162 valence electrons. The van der Waals surface area contributed by atoms with Gasteiger partial charge in [-0.15, -0.1) is 17.8 Å². The minimum Gasteiger partial charge on any atom is -0.357 e. The number of benzene rings is 2. The summed E-state index contributed by atoms with van der Waals surface area (Å²) in [5, 5.41) is 9.77. The molecule has 3 N–H and O–H groups in total. The summed E-state index contributed by atoms with van der Waals surface area (Å²) in [6.07, 6.45) is 5.56. The molecule has 3 aromatic rings. The minimum absolute atomic E-state index is 0.132. The van der Waals surface area contributed by atoms with E-state index in [-0.39, 0.29) is 18.0 Å². The van der Waals surface area contributed by atoms with Gasteiger partial charge in [-0.2, -0.15) is 0 Å². The third-order valence-corrected chi connectivity index (χ3v) is 5.52. The Bertz CT molecular complexity index is 1180. The first-order valence-electron chi connectivity index (χ1n) is 9.90. The van der Waals surface area contributed by atoms with Gasteiger partial charge in [0.25, 0.3) is 0 Å². The molecule has 1 atom stereocenters. The number of carbonyl (C=O) groups excluding carboxylic acids is 3. The summed E-state index contributed by atoms with van der Waals surface area (Å²) in [5.41, 5.74) is 2.58. The largest absolute Gasteiger partial charge is 0.357 e. The number of nitrogens with one attached hydrogen (secondary N) is 3. The Hall–Kier alpha value is -3.96. The zero-order valence-electron chi connectivity index (χ0n) is 17.6. The molecule has 0 aliphatic heterocycles. The normalized spacial score (nSPS) is 11.2. The van der Waals surface area contributed by atoms with E-state index in [1.54, 1.807) is 24.4 Å². The monoisotopic (exact) mass is 446 g/mol. The van der Waals surface area contributed by atoms with E-state index >= 15 is 0 Å². The Labute approximate surface area is 190 Å². The lowest BCUT2D eigenvalue weighted by molar-refractivity contribution is -0.122. The Morgan fingerprint density at radius 1 is 1.12 bits per heavy atom. The maximum absolute atomic E-state index is 12.8. The van der Waals surface area contributed by atoms with Crippen LogP contribution in [0.25, 0.3) is 11.1 Å². The van der Waals surface area contributed by atoms with E-state index in [9.17, 15) is 14.4 Å². The first-order chi connectivity index (χ1) is 15.5. The van der Waals surface area contributed by atoms with Gasteiger partial charge >= 0.3 is 6.03 Å². The van der Waals surface area contributed by atoms with E-state index in [0.29, 0.717) is 16.1 Å². The van der Waals surface area contributed by atoms with Crippen LogP contribution in [0.2, 0.25) is 0 Å². The number of likely N-dealkylation sites (N-methyl/N-ethyl adjacent to an activating group) is 1. The predicted molar refractivity (Wildman–Crippen MR) is 126 cm³/mol. The van der Waals surface area contributed by atoms with Gasteiger partial charge in [-0.25, -0.2) is 9.78 Å². The fraction of sp³-hybridized carbons (Fsp3) is 0.167. The van der Waals surface area contributed by atoms with Gasteiger partial charge in [0.1, 0.15) is 11.9 Å². The van der Waals surface area contributed by atoms with Crippen LogP contribution in [0, 0.1) is 12.3 Å². The number of aromatic nitrogens is 1. The van der Waals surface area contributed by atoms with Gasteiger partial charge in [-0.05, 0) is 28.7 Å². The van der Waals surface area contributed by atoms with Crippen LogP contribution in [0.1, 0.15) is 40.3 Å². The fourth-order valence-electron chi connectivity index (χ4n) is 3.16. The molecule has 3 amide bonds. The fourth-order valence-corrected chi connectivity index (χ4v) is 3.71. The molecule has 2 aromatic carbocycles. The number of carbonyl (C=O) groups is 3. The van der Waals surface area contributed by atoms with E-state index in [0.717, 1.165) is 11.1 Å². The van der Waals surface area contributed by atoms with E-state index in [1.165, 1.54) is 18.4 Å². The standard InChI is InChI=1S/C24H22N4O3S/c1-4-19(29)18-13-16(15-9-7-6-8-10-15)11-12-17(18)22(23(30)25-3)28-24(31)27-20-14-32-21(5-2)26-20/h2,6-14,22H,4H2,1,3H3,(H,25,30)(H2,27,28,31)/t22-/m1/s1. The van der Waals surface area contributed by atoms with Crippen molar-refractivity contribution in [1.29, 1.82) is 0 Å². The smallest absolute Gasteiger partial charge is 0.321 e. The highest BCUT2D eigenvalue weighted by Crippen LogP contribution is 2.27. The predicted octanol–water partition coefficient (Wildman–Crippen LogP) is 3.99. The minimum atomic E-state index is -1.08. The topological polar surface area (TPSA) is 100 Å². The molecule has 0 radical (unpaired) electrons. The summed E-state index contributed by atoms with van der Waals surface area (Å²) in [6, 6.07) is 13.2. The van der Waals surface area contributed by atoms with E-state index in [1.807, 2.05) is 36.4 Å². The Kier molecular flexibility index (Phi) is 7.37. The molecule has 0 spiro atoms. The molecule has 0 aliphatic rings. The molecule has 0 saturated carbocycles. The second kappa shape index (κ2) is 10.4. The maximum Gasteiger partial charge on any atom is 0.321 e. The van der Waals surface area contributed by atoms with Crippen LogP contribution in [0.4, 0.5) is 10.6 Å². The summed E-state index contributed by atoms with van der Waals surface area (Å²) >= 11 is 1.21. The van der Waals surface area contributed by atoms with Gasteiger partial charge < -0.3 is 10.6 Å². The molecule has 3 rings (SSSR count). The molecule has 0 aliphatic carbocycles. The summed E-state index contributed by atoms with van der Waals surface area (Å²) < 4.78 is 0. The highest BCUT2D eigenvalue weighted by molar-refractivity contribution is 7.10. The average molecular weight is 447 g/mol. The molecular weight excluding hydrogens is 424 g/mol. The number of amides is 3. The van der Waals surface area contributed by atoms with Crippen molar-refractivity contribution in [3.05, 3.63) is 70.0 Å². The Balaban J connectivity index is 1.95. The number of nitrogens with zero attached hydrogens (tertiary/aromatic N) is 1. The van der Waals surface area contributed by atoms with Crippen LogP contribution < -0.4 is 16.0 Å². The Morgan fingerprint density at radius 2 is 1.88 bits per heavy atom. The van der Waals surface area contributed by atoms with Gasteiger partial charge in [0.05, 0.1) is 0 Å². The lowest BCUT2D eigenvalue weighted by Crippen LogP contribution is -2.41. The zero-order valence-corrected chi connectivity index (χ0v) is 18.5. The van der Waals surface area contributed by atoms with Gasteiger partial charge in [0.15, 0.2) is 10.8 Å². The zero-order chi connectivity index (χ0) is 23.1. The lowest BCUT2D eigenvalue weighted by atomic mass is 9.92. The van der Waals surface area contributed by atoms with E-state index in [4.69, 9.17) is 6.42 Å². The summed E-state index contributed by atoms with van der Waals surface area (Å²) in [5.74, 6) is 2.08. The van der Waals surface area contributed by atoms with Crippen molar-refractivity contribution in [1.82, 2.24) is 15.6 Å². The lowest BCUT2D eigenvalue weighted by Gasteiger charge is -2.21. The summed E-state index contributed by atoms with van der Waals surface area (Å²) in [7, 11) is 1.47. The molecular formula is C24H22N4O3S. The molecule has 32 heavy (non-hydrogen) atoms. The molecule has 0 bridgehead atoms. The first kappa shape index (κ1) is 22.7. The van der Waals surface area contributed by atoms with Crippen LogP contribution in [0.15, 0.2) is 53.9 Å². The van der Waals surface area contributed by atoms with Crippen molar-refractivity contribution in [2.75, 3.05) is 12.4 Å². The second-order valence-corrected chi connectivity index (χ2v) is 7.63. The van der Waals surface area contributed by atoms with Gasteiger partial charge in [0, 0.05) is 24.4 Å². The summed E-state index contributed by atoms with van der Waals surface area (Å²) in [6.45, 7) is 1.75. The molecule has 1 heterocycles. The third kappa shape index (κ3) is 5.20. The van der Waals surface area contributed by atoms with Crippen LogP contribution >= 0.6 is 11.3 Å². The van der Waals surface area contributed by atoms with Crippen molar-refractivity contribution < 1.29 is 14.4 Å². The molecule has 0 unspecified atom stereocenters. The van der Waals surface area contributed by atoms with E-state index < -0.39 is 18.0 Å². The number of ketones is 1. The molecule has 7 nitrogen and oxygen atoms in total. The number of urea groups is 1.